The van der Waals surface area contributed by atoms with E-state index in [-0.39, 0.29) is 0 Å². The molecule has 0 aliphatic heterocycles. The molecule has 0 amide bonds. The van der Waals surface area contributed by atoms with Crippen LogP contribution in [0.2, 0.25) is 0 Å². The number of anilines is 1. The Kier molecular flexibility index (Phi) is 3.16. The van der Waals surface area contributed by atoms with Crippen molar-refractivity contribution in [3.05, 3.63) is 48.3 Å². The number of nitrogens with one attached hydrogen (secondary N) is 1. The average Bonchev–Trinajstić information content (AvgIpc) is 2.88. The van der Waals surface area contributed by atoms with Gasteiger partial charge in [-0.05, 0) is 31.2 Å². The molecule has 0 bridgehead atoms. The number of aromatic nitrogens is 3. The number of hydrogen-bond donors (Lipinski definition) is 1. The molecular formula is C13H11N5S. The van der Waals surface area contributed by atoms with Gasteiger partial charge in [-0.1, -0.05) is 23.5 Å². The minimum atomic E-state index is 0.746. The van der Waals surface area contributed by atoms with Crippen molar-refractivity contribution in [2.45, 2.75) is 6.92 Å². The minimum Gasteiger partial charge on any atom is -0.252 e. The number of para-hydroxylation sites is 1. The third kappa shape index (κ3) is 2.58. The lowest BCUT2D eigenvalue weighted by Crippen LogP contribution is -2.02. The fraction of sp³-hybridized carbons (Fsp3) is 0.0769. The van der Waals surface area contributed by atoms with E-state index in [4.69, 9.17) is 0 Å². The van der Waals surface area contributed by atoms with Gasteiger partial charge in [-0.15, -0.1) is 5.10 Å². The molecule has 6 heteroatoms. The van der Waals surface area contributed by atoms with Crippen LogP contribution in [0.4, 0.5) is 5.13 Å². The smallest absolute Gasteiger partial charge is 0.204 e. The Hall–Kier alpha value is -2.34. The minimum absolute atomic E-state index is 0.746. The van der Waals surface area contributed by atoms with Gasteiger partial charge in [0.15, 0.2) is 0 Å². The number of rotatable bonds is 3. The zero-order valence-electron chi connectivity index (χ0n) is 10.2. The van der Waals surface area contributed by atoms with Crippen LogP contribution < -0.4 is 5.43 Å². The fourth-order valence-electron chi connectivity index (χ4n) is 1.60. The van der Waals surface area contributed by atoms with Crippen LogP contribution in [0, 0.1) is 0 Å². The van der Waals surface area contributed by atoms with E-state index < -0.39 is 0 Å². The standard InChI is InChI=1S/C13H11N5S/c1-9(10-6-4-8-14-17-10)16-18-13-15-11-5-2-3-7-12(11)19-13/h2-8H,1H3,(H,15,18). The average molecular weight is 269 g/mol. The predicted molar refractivity (Wildman–Crippen MR) is 77.5 cm³/mol. The van der Waals surface area contributed by atoms with Gasteiger partial charge in [0, 0.05) is 6.20 Å². The van der Waals surface area contributed by atoms with Crippen molar-refractivity contribution in [3.8, 4) is 0 Å². The van der Waals surface area contributed by atoms with Gasteiger partial charge in [-0.3, -0.25) is 5.43 Å². The van der Waals surface area contributed by atoms with E-state index in [1.807, 2.05) is 43.3 Å². The molecule has 0 atom stereocenters. The van der Waals surface area contributed by atoms with Crippen molar-refractivity contribution in [3.63, 3.8) is 0 Å². The van der Waals surface area contributed by atoms with Crippen molar-refractivity contribution in [1.29, 1.82) is 0 Å². The molecule has 0 unspecified atom stereocenters. The summed E-state index contributed by atoms with van der Waals surface area (Å²) >= 11 is 1.57. The third-order valence-electron chi connectivity index (χ3n) is 2.56. The Balaban J connectivity index is 1.82. The first-order valence-electron chi connectivity index (χ1n) is 5.77. The summed E-state index contributed by atoms with van der Waals surface area (Å²) in [7, 11) is 0. The maximum atomic E-state index is 4.44. The highest BCUT2D eigenvalue weighted by molar-refractivity contribution is 7.22. The Bertz CT molecular complexity index is 687. The summed E-state index contributed by atoms with van der Waals surface area (Å²) < 4.78 is 1.14. The number of thiazole rings is 1. The van der Waals surface area contributed by atoms with Gasteiger partial charge in [0.25, 0.3) is 0 Å². The van der Waals surface area contributed by atoms with E-state index in [9.17, 15) is 0 Å². The molecule has 1 aromatic carbocycles. The molecule has 3 rings (SSSR count). The zero-order chi connectivity index (χ0) is 13.1. The molecule has 1 N–H and O–H groups in total. The molecule has 0 radical (unpaired) electrons. The van der Waals surface area contributed by atoms with Crippen LogP contribution in [0.3, 0.4) is 0 Å². The molecule has 94 valence electrons. The molecule has 3 aromatic rings. The summed E-state index contributed by atoms with van der Waals surface area (Å²) in [6.45, 7) is 1.88. The van der Waals surface area contributed by atoms with Crippen LogP contribution in [0.25, 0.3) is 10.2 Å². The lowest BCUT2D eigenvalue weighted by molar-refractivity contribution is 1.01. The Morgan fingerprint density at radius 3 is 2.89 bits per heavy atom. The van der Waals surface area contributed by atoms with Crippen LogP contribution in [0.5, 0.6) is 0 Å². The highest BCUT2D eigenvalue weighted by Gasteiger charge is 2.02. The van der Waals surface area contributed by atoms with Crippen LogP contribution in [0.1, 0.15) is 12.6 Å². The number of fused-ring (bicyclic) bond motifs is 1. The number of benzene rings is 1. The number of hydrogen-bond acceptors (Lipinski definition) is 6. The van der Waals surface area contributed by atoms with E-state index in [1.165, 1.54) is 0 Å². The summed E-state index contributed by atoms with van der Waals surface area (Å²) in [6, 6.07) is 11.7. The van der Waals surface area contributed by atoms with Gasteiger partial charge in [0.1, 0.15) is 5.69 Å². The number of nitrogens with zero attached hydrogens (tertiary/aromatic N) is 4. The largest absolute Gasteiger partial charge is 0.252 e. The molecule has 0 aliphatic carbocycles. The van der Waals surface area contributed by atoms with Gasteiger partial charge in [0.2, 0.25) is 5.13 Å². The summed E-state index contributed by atoms with van der Waals surface area (Å²) in [5.41, 5.74) is 5.45. The molecule has 0 spiro atoms. The van der Waals surface area contributed by atoms with Gasteiger partial charge < -0.3 is 0 Å². The fourth-order valence-corrected chi connectivity index (χ4v) is 2.41. The zero-order valence-corrected chi connectivity index (χ0v) is 11.1. The van der Waals surface area contributed by atoms with Crippen LogP contribution >= 0.6 is 11.3 Å². The summed E-state index contributed by atoms with van der Waals surface area (Å²) in [4.78, 5) is 4.44. The lowest BCUT2D eigenvalue weighted by Gasteiger charge is -1.98. The topological polar surface area (TPSA) is 63.1 Å². The van der Waals surface area contributed by atoms with Crippen molar-refractivity contribution >= 4 is 32.4 Å². The SMILES string of the molecule is CC(=NNc1nc2ccccc2s1)c1cccnn1. The van der Waals surface area contributed by atoms with Crippen molar-refractivity contribution < 1.29 is 0 Å². The predicted octanol–water partition coefficient (Wildman–Crippen LogP) is 2.92. The van der Waals surface area contributed by atoms with Crippen molar-refractivity contribution in [2.24, 2.45) is 5.10 Å². The molecule has 5 nitrogen and oxygen atoms in total. The Morgan fingerprint density at radius 1 is 1.21 bits per heavy atom. The van der Waals surface area contributed by atoms with Crippen molar-refractivity contribution in [2.75, 3.05) is 5.43 Å². The molecular weight excluding hydrogens is 258 g/mol. The second-order valence-electron chi connectivity index (χ2n) is 3.90. The van der Waals surface area contributed by atoms with Crippen LogP contribution in [0.15, 0.2) is 47.7 Å². The molecule has 2 aromatic heterocycles. The van der Waals surface area contributed by atoms with E-state index in [0.717, 1.165) is 26.8 Å². The van der Waals surface area contributed by atoms with Gasteiger partial charge >= 0.3 is 0 Å². The van der Waals surface area contributed by atoms with Crippen molar-refractivity contribution in [1.82, 2.24) is 15.2 Å². The highest BCUT2D eigenvalue weighted by atomic mass is 32.1. The summed E-state index contributed by atoms with van der Waals surface area (Å²) in [6.07, 6.45) is 1.64. The molecule has 2 heterocycles. The monoisotopic (exact) mass is 269 g/mol. The van der Waals surface area contributed by atoms with E-state index >= 15 is 0 Å². The molecule has 0 saturated heterocycles. The molecule has 19 heavy (non-hydrogen) atoms. The van der Waals surface area contributed by atoms with Crippen LogP contribution in [-0.2, 0) is 0 Å². The highest BCUT2D eigenvalue weighted by Crippen LogP contribution is 2.25. The Labute approximate surface area is 114 Å². The number of hydrazone groups is 1. The van der Waals surface area contributed by atoms with E-state index in [2.05, 4.69) is 25.7 Å². The van der Waals surface area contributed by atoms with E-state index in [1.54, 1.807) is 17.5 Å². The molecule has 0 saturated carbocycles. The Morgan fingerprint density at radius 2 is 2.11 bits per heavy atom. The van der Waals surface area contributed by atoms with Gasteiger partial charge in [-0.25, -0.2) is 4.98 Å². The first-order chi connectivity index (χ1) is 9.33. The first-order valence-corrected chi connectivity index (χ1v) is 6.58. The van der Waals surface area contributed by atoms with Gasteiger partial charge in [0.05, 0.1) is 15.9 Å². The van der Waals surface area contributed by atoms with Gasteiger partial charge in [-0.2, -0.15) is 10.2 Å². The lowest BCUT2D eigenvalue weighted by atomic mass is 10.3. The maximum Gasteiger partial charge on any atom is 0.204 e. The molecule has 0 fully saturated rings. The first kappa shape index (κ1) is 11.7. The second kappa shape index (κ2) is 5.11. The summed E-state index contributed by atoms with van der Waals surface area (Å²) in [5.74, 6) is 0. The summed E-state index contributed by atoms with van der Waals surface area (Å²) in [5, 5.41) is 12.9. The molecule has 0 aliphatic rings. The van der Waals surface area contributed by atoms with E-state index in [0.29, 0.717) is 0 Å². The maximum absolute atomic E-state index is 4.44. The normalized spacial score (nSPS) is 11.7. The van der Waals surface area contributed by atoms with Crippen LogP contribution in [-0.4, -0.2) is 20.9 Å². The third-order valence-corrected chi connectivity index (χ3v) is 3.50. The quantitative estimate of drug-likeness (QED) is 0.586. The second-order valence-corrected chi connectivity index (χ2v) is 4.94.